The van der Waals surface area contributed by atoms with E-state index in [0.29, 0.717) is 18.2 Å². The number of piperidine rings is 1. The fourth-order valence-corrected chi connectivity index (χ4v) is 3.23. The minimum Gasteiger partial charge on any atom is -0.347 e. The van der Waals surface area contributed by atoms with Crippen LogP contribution in [0.25, 0.3) is 5.78 Å². The van der Waals surface area contributed by atoms with Crippen LogP contribution in [0.15, 0.2) is 12.3 Å². The van der Waals surface area contributed by atoms with Crippen molar-refractivity contribution in [1.29, 1.82) is 0 Å². The van der Waals surface area contributed by atoms with Crippen LogP contribution in [0.1, 0.15) is 49.9 Å². The maximum atomic E-state index is 12.4. The highest BCUT2D eigenvalue weighted by atomic mass is 16.2. The summed E-state index contributed by atoms with van der Waals surface area (Å²) in [7, 11) is 0. The Morgan fingerprint density at radius 1 is 1.46 bits per heavy atom. The molecule has 1 fully saturated rings. The largest absolute Gasteiger partial charge is 0.347 e. The average Bonchev–Trinajstić information content (AvgIpc) is 2.98. The number of carbonyl (C=O) groups is 1. The van der Waals surface area contributed by atoms with Gasteiger partial charge in [0.15, 0.2) is 0 Å². The van der Waals surface area contributed by atoms with Crippen LogP contribution in [0.5, 0.6) is 0 Å². The highest BCUT2D eigenvalue weighted by Gasteiger charge is 2.30. The summed E-state index contributed by atoms with van der Waals surface area (Å²) in [6, 6.07) is 1.84. The molecule has 0 aromatic carbocycles. The zero-order valence-corrected chi connectivity index (χ0v) is 14.9. The topological polar surface area (TPSA) is 75.4 Å². The number of nitrogens with one attached hydrogen (secondary N) is 1. The molecule has 1 saturated heterocycles. The summed E-state index contributed by atoms with van der Waals surface area (Å²) in [6.45, 7) is 11.3. The van der Waals surface area contributed by atoms with E-state index in [1.807, 2.05) is 13.0 Å². The summed E-state index contributed by atoms with van der Waals surface area (Å²) < 4.78 is 1.59. The molecule has 0 radical (unpaired) electrons. The molecule has 1 N–H and O–H groups in total. The molecule has 130 valence electrons. The van der Waals surface area contributed by atoms with Gasteiger partial charge in [-0.3, -0.25) is 9.69 Å². The van der Waals surface area contributed by atoms with E-state index in [0.717, 1.165) is 18.8 Å². The molecule has 7 heteroatoms. The normalized spacial score (nSPS) is 19.6. The lowest BCUT2D eigenvalue weighted by Crippen LogP contribution is -2.54. The number of nitrogens with zero attached hydrogens (tertiary/aromatic N) is 5. The summed E-state index contributed by atoms with van der Waals surface area (Å²) in [5.41, 5.74) is 0.812. The van der Waals surface area contributed by atoms with Crippen molar-refractivity contribution in [2.75, 3.05) is 19.6 Å². The fraction of sp³-hybridized carbons (Fsp3) is 0.647. The van der Waals surface area contributed by atoms with Gasteiger partial charge in [-0.2, -0.15) is 4.98 Å². The molecule has 2 aromatic heterocycles. The molecule has 0 bridgehead atoms. The van der Waals surface area contributed by atoms with Crippen LogP contribution < -0.4 is 5.32 Å². The Labute approximate surface area is 142 Å². The smallest absolute Gasteiger partial charge is 0.291 e. The lowest BCUT2D eigenvalue weighted by Gasteiger charge is -2.43. The zero-order valence-electron chi connectivity index (χ0n) is 14.9. The van der Waals surface area contributed by atoms with Crippen molar-refractivity contribution in [2.45, 2.75) is 46.1 Å². The molecule has 0 aliphatic carbocycles. The zero-order chi connectivity index (χ0) is 17.3. The third-order valence-electron chi connectivity index (χ3n) is 4.83. The van der Waals surface area contributed by atoms with Crippen molar-refractivity contribution < 1.29 is 4.79 Å². The molecule has 7 nitrogen and oxygen atoms in total. The monoisotopic (exact) mass is 330 g/mol. The minimum absolute atomic E-state index is 0.0856. The number of fused-ring (bicyclic) bond motifs is 1. The van der Waals surface area contributed by atoms with Crippen LogP contribution in [0.2, 0.25) is 0 Å². The van der Waals surface area contributed by atoms with E-state index in [1.165, 1.54) is 12.8 Å². The van der Waals surface area contributed by atoms with Gasteiger partial charge in [0.25, 0.3) is 11.7 Å². The second kappa shape index (κ2) is 6.47. The molecule has 0 saturated carbocycles. The van der Waals surface area contributed by atoms with Gasteiger partial charge in [-0.05, 0) is 52.1 Å². The number of aryl methyl sites for hydroxylation is 1. The van der Waals surface area contributed by atoms with Crippen LogP contribution in [0.4, 0.5) is 0 Å². The molecular weight excluding hydrogens is 304 g/mol. The van der Waals surface area contributed by atoms with Crippen molar-refractivity contribution >= 4 is 11.7 Å². The number of aromatic nitrogens is 4. The first-order valence-electron chi connectivity index (χ1n) is 8.58. The SMILES string of the molecule is Cc1ccnc2nc(C(=O)NCC(C)(C)N3CCCC(C)C3)nn12. The highest BCUT2D eigenvalue weighted by Crippen LogP contribution is 2.23. The van der Waals surface area contributed by atoms with Gasteiger partial charge in [-0.15, -0.1) is 5.10 Å². The van der Waals surface area contributed by atoms with Gasteiger partial charge in [0.2, 0.25) is 5.82 Å². The molecule has 1 unspecified atom stereocenters. The van der Waals surface area contributed by atoms with E-state index < -0.39 is 0 Å². The first kappa shape index (κ1) is 16.8. The van der Waals surface area contributed by atoms with Crippen LogP contribution in [0, 0.1) is 12.8 Å². The third kappa shape index (κ3) is 3.40. The van der Waals surface area contributed by atoms with Gasteiger partial charge >= 0.3 is 0 Å². The number of carbonyl (C=O) groups excluding carboxylic acids is 1. The van der Waals surface area contributed by atoms with Gasteiger partial charge in [0.05, 0.1) is 0 Å². The second-order valence-corrected chi connectivity index (χ2v) is 7.42. The Hall–Kier alpha value is -2.02. The molecule has 2 aromatic rings. The van der Waals surface area contributed by atoms with E-state index in [-0.39, 0.29) is 17.3 Å². The maximum Gasteiger partial charge on any atom is 0.291 e. The van der Waals surface area contributed by atoms with Crippen molar-refractivity contribution in [3.05, 3.63) is 23.8 Å². The van der Waals surface area contributed by atoms with Gasteiger partial charge in [-0.25, -0.2) is 9.50 Å². The first-order valence-corrected chi connectivity index (χ1v) is 8.58. The van der Waals surface area contributed by atoms with E-state index in [4.69, 9.17) is 0 Å². The number of hydrogen-bond donors (Lipinski definition) is 1. The fourth-order valence-electron chi connectivity index (χ4n) is 3.23. The standard InChI is InChI=1S/C17H26N6O/c1-12-6-5-9-22(10-12)17(3,4)11-19-15(24)14-20-16-18-8-7-13(2)23(16)21-14/h7-8,12H,5-6,9-11H2,1-4H3,(H,19,24). The van der Waals surface area contributed by atoms with Crippen molar-refractivity contribution in [2.24, 2.45) is 5.92 Å². The molecule has 1 atom stereocenters. The number of hydrogen-bond acceptors (Lipinski definition) is 5. The summed E-state index contributed by atoms with van der Waals surface area (Å²) in [4.78, 5) is 23.2. The lowest BCUT2D eigenvalue weighted by molar-refractivity contribution is 0.0654. The first-order chi connectivity index (χ1) is 11.4. The van der Waals surface area contributed by atoms with Gasteiger partial charge in [0.1, 0.15) is 0 Å². The lowest BCUT2D eigenvalue weighted by atomic mass is 9.93. The predicted molar refractivity (Wildman–Crippen MR) is 91.9 cm³/mol. The molecule has 1 aliphatic heterocycles. The summed E-state index contributed by atoms with van der Waals surface area (Å²) >= 11 is 0. The van der Waals surface area contributed by atoms with Gasteiger partial charge < -0.3 is 5.32 Å². The van der Waals surface area contributed by atoms with E-state index >= 15 is 0 Å². The Balaban J connectivity index is 1.66. The van der Waals surface area contributed by atoms with Crippen molar-refractivity contribution in [3.8, 4) is 0 Å². The predicted octanol–water partition coefficient (Wildman–Crippen LogP) is 1.67. The number of likely N-dealkylation sites (tertiary alicyclic amines) is 1. The Bertz CT molecular complexity index is 738. The molecule has 1 aliphatic rings. The van der Waals surface area contributed by atoms with Crippen LogP contribution >= 0.6 is 0 Å². The van der Waals surface area contributed by atoms with Crippen LogP contribution in [-0.2, 0) is 0 Å². The third-order valence-corrected chi connectivity index (χ3v) is 4.83. The van der Waals surface area contributed by atoms with Crippen molar-refractivity contribution in [3.63, 3.8) is 0 Å². The minimum atomic E-state index is -0.252. The van der Waals surface area contributed by atoms with Crippen LogP contribution in [0.3, 0.4) is 0 Å². The van der Waals surface area contributed by atoms with Crippen molar-refractivity contribution in [1.82, 2.24) is 29.8 Å². The molecule has 3 rings (SSSR count). The number of rotatable bonds is 4. The van der Waals surface area contributed by atoms with E-state index in [9.17, 15) is 4.79 Å². The quantitative estimate of drug-likeness (QED) is 0.923. The Kier molecular flexibility index (Phi) is 4.54. The van der Waals surface area contributed by atoms with E-state index in [1.54, 1.807) is 10.7 Å². The highest BCUT2D eigenvalue weighted by molar-refractivity contribution is 5.90. The Morgan fingerprint density at radius 2 is 2.25 bits per heavy atom. The molecule has 24 heavy (non-hydrogen) atoms. The summed E-state index contributed by atoms with van der Waals surface area (Å²) in [5.74, 6) is 1.07. The number of amides is 1. The summed E-state index contributed by atoms with van der Waals surface area (Å²) in [5, 5.41) is 7.24. The average molecular weight is 330 g/mol. The molecular formula is C17H26N6O. The van der Waals surface area contributed by atoms with Gasteiger partial charge in [-0.1, -0.05) is 6.92 Å². The second-order valence-electron chi connectivity index (χ2n) is 7.42. The maximum absolute atomic E-state index is 12.4. The van der Waals surface area contributed by atoms with E-state index in [2.05, 4.69) is 46.1 Å². The molecule has 1 amide bonds. The summed E-state index contributed by atoms with van der Waals surface area (Å²) in [6.07, 6.45) is 4.18. The van der Waals surface area contributed by atoms with Crippen LogP contribution in [-0.4, -0.2) is 55.6 Å². The Morgan fingerprint density at radius 3 is 2.96 bits per heavy atom. The molecule has 0 spiro atoms. The molecule has 3 heterocycles. The van der Waals surface area contributed by atoms with Gasteiger partial charge in [0, 0.05) is 30.5 Å².